The molecule has 1 rings (SSSR count). The average Bonchev–Trinajstić information content (AvgIpc) is 2.52. The van der Waals surface area contributed by atoms with E-state index in [0.29, 0.717) is 12.0 Å². The summed E-state index contributed by atoms with van der Waals surface area (Å²) < 4.78 is 0. The first-order chi connectivity index (χ1) is 5.38. The lowest BCUT2D eigenvalue weighted by atomic mass is 9.97. The van der Waals surface area contributed by atoms with Gasteiger partial charge in [-0.15, -0.1) is 12.3 Å². The van der Waals surface area contributed by atoms with E-state index in [2.05, 4.69) is 11.3 Å². The predicted octanol–water partition coefficient (Wildman–Crippen LogP) is 0.595. The number of hydrazine groups is 1. The van der Waals surface area contributed by atoms with E-state index in [-0.39, 0.29) is 0 Å². The molecule has 11 heavy (non-hydrogen) atoms. The standard InChI is InChI=1S/C8H14N2S/c1-2-3-8(10-9)7-4-5-11-6-7/h1,7-8,10H,3-6,9H2. The lowest BCUT2D eigenvalue weighted by Crippen LogP contribution is -2.40. The van der Waals surface area contributed by atoms with Crippen LogP contribution in [-0.4, -0.2) is 17.5 Å². The molecule has 0 aromatic carbocycles. The predicted molar refractivity (Wildman–Crippen MR) is 50.0 cm³/mol. The van der Waals surface area contributed by atoms with Gasteiger partial charge in [0.05, 0.1) is 0 Å². The van der Waals surface area contributed by atoms with Crippen LogP contribution >= 0.6 is 11.8 Å². The molecule has 0 saturated carbocycles. The fourth-order valence-corrected chi connectivity index (χ4v) is 2.70. The lowest BCUT2D eigenvalue weighted by Gasteiger charge is -2.19. The number of nitrogens with one attached hydrogen (secondary N) is 1. The molecule has 1 saturated heterocycles. The Morgan fingerprint density at radius 1 is 1.82 bits per heavy atom. The molecule has 0 spiro atoms. The number of thioether (sulfide) groups is 1. The van der Waals surface area contributed by atoms with Crippen LogP contribution in [0.2, 0.25) is 0 Å². The van der Waals surface area contributed by atoms with Crippen molar-refractivity contribution < 1.29 is 0 Å². The first-order valence-electron chi connectivity index (χ1n) is 3.86. The van der Waals surface area contributed by atoms with Gasteiger partial charge < -0.3 is 0 Å². The molecule has 0 aromatic heterocycles. The van der Waals surface area contributed by atoms with Crippen molar-refractivity contribution in [2.24, 2.45) is 11.8 Å². The third kappa shape index (κ3) is 2.41. The van der Waals surface area contributed by atoms with Gasteiger partial charge in [0.2, 0.25) is 0 Å². The molecule has 3 N–H and O–H groups in total. The molecular weight excluding hydrogens is 156 g/mol. The van der Waals surface area contributed by atoms with Crippen molar-refractivity contribution in [1.29, 1.82) is 0 Å². The molecule has 62 valence electrons. The highest BCUT2D eigenvalue weighted by atomic mass is 32.2. The smallest absolute Gasteiger partial charge is 0.0356 e. The molecule has 0 bridgehead atoms. The Bertz CT molecular complexity index is 147. The van der Waals surface area contributed by atoms with Gasteiger partial charge in [-0.2, -0.15) is 11.8 Å². The number of rotatable bonds is 3. The van der Waals surface area contributed by atoms with E-state index < -0.39 is 0 Å². The van der Waals surface area contributed by atoms with E-state index in [1.54, 1.807) is 0 Å². The van der Waals surface area contributed by atoms with E-state index in [4.69, 9.17) is 12.3 Å². The number of hydrogen-bond donors (Lipinski definition) is 2. The van der Waals surface area contributed by atoms with Crippen LogP contribution in [0.3, 0.4) is 0 Å². The van der Waals surface area contributed by atoms with Crippen molar-refractivity contribution in [3.8, 4) is 12.3 Å². The highest BCUT2D eigenvalue weighted by Crippen LogP contribution is 2.26. The van der Waals surface area contributed by atoms with E-state index in [0.717, 1.165) is 6.42 Å². The average molecular weight is 170 g/mol. The minimum absolute atomic E-state index is 0.329. The molecule has 0 amide bonds. The van der Waals surface area contributed by atoms with Crippen molar-refractivity contribution >= 4 is 11.8 Å². The second-order valence-corrected chi connectivity index (χ2v) is 3.95. The van der Waals surface area contributed by atoms with Crippen molar-refractivity contribution in [3.05, 3.63) is 0 Å². The zero-order chi connectivity index (χ0) is 8.10. The van der Waals surface area contributed by atoms with Gasteiger partial charge in [-0.25, -0.2) is 0 Å². The molecule has 0 aromatic rings. The lowest BCUT2D eigenvalue weighted by molar-refractivity contribution is 0.395. The summed E-state index contributed by atoms with van der Waals surface area (Å²) >= 11 is 1.99. The molecule has 1 aliphatic heterocycles. The largest absolute Gasteiger partial charge is 0.271 e. The summed E-state index contributed by atoms with van der Waals surface area (Å²) in [6.45, 7) is 0. The maximum Gasteiger partial charge on any atom is 0.0356 e. The Morgan fingerprint density at radius 2 is 2.64 bits per heavy atom. The molecule has 0 aliphatic carbocycles. The van der Waals surface area contributed by atoms with Crippen molar-refractivity contribution in [2.75, 3.05) is 11.5 Å². The van der Waals surface area contributed by atoms with Gasteiger partial charge >= 0.3 is 0 Å². The van der Waals surface area contributed by atoms with Crippen LogP contribution in [0.5, 0.6) is 0 Å². The van der Waals surface area contributed by atoms with E-state index in [1.165, 1.54) is 17.9 Å². The second-order valence-electron chi connectivity index (χ2n) is 2.81. The second kappa shape index (κ2) is 4.66. The van der Waals surface area contributed by atoms with Gasteiger partial charge in [-0.05, 0) is 23.8 Å². The molecule has 0 radical (unpaired) electrons. The first-order valence-corrected chi connectivity index (χ1v) is 5.01. The Morgan fingerprint density at radius 3 is 3.09 bits per heavy atom. The van der Waals surface area contributed by atoms with Gasteiger partial charge in [0, 0.05) is 12.5 Å². The molecular formula is C8H14N2S. The van der Waals surface area contributed by atoms with Crippen LogP contribution < -0.4 is 11.3 Å². The van der Waals surface area contributed by atoms with Crippen LogP contribution in [0.1, 0.15) is 12.8 Å². The van der Waals surface area contributed by atoms with E-state index in [9.17, 15) is 0 Å². The summed E-state index contributed by atoms with van der Waals surface area (Å²) in [4.78, 5) is 0. The van der Waals surface area contributed by atoms with Crippen LogP contribution in [0.4, 0.5) is 0 Å². The van der Waals surface area contributed by atoms with Gasteiger partial charge in [0.15, 0.2) is 0 Å². The van der Waals surface area contributed by atoms with Crippen LogP contribution in [-0.2, 0) is 0 Å². The van der Waals surface area contributed by atoms with Crippen molar-refractivity contribution in [3.63, 3.8) is 0 Å². The fourth-order valence-electron chi connectivity index (χ4n) is 1.36. The minimum atomic E-state index is 0.329. The van der Waals surface area contributed by atoms with Gasteiger partial charge in [-0.1, -0.05) is 0 Å². The summed E-state index contributed by atoms with van der Waals surface area (Å²) in [6.07, 6.45) is 7.22. The van der Waals surface area contributed by atoms with Crippen LogP contribution in [0.15, 0.2) is 0 Å². The molecule has 3 heteroatoms. The van der Waals surface area contributed by atoms with Gasteiger partial charge in [0.25, 0.3) is 0 Å². The third-order valence-electron chi connectivity index (χ3n) is 2.09. The molecule has 2 unspecified atom stereocenters. The minimum Gasteiger partial charge on any atom is -0.271 e. The number of nitrogens with two attached hydrogens (primary N) is 1. The topological polar surface area (TPSA) is 38.0 Å². The fraction of sp³-hybridized carbons (Fsp3) is 0.750. The maximum absolute atomic E-state index is 5.38. The van der Waals surface area contributed by atoms with Crippen LogP contribution in [0, 0.1) is 18.3 Å². The molecule has 2 atom stereocenters. The summed E-state index contributed by atoms with van der Waals surface area (Å²) in [5.74, 6) is 11.2. The summed E-state index contributed by atoms with van der Waals surface area (Å²) in [6, 6.07) is 0.329. The maximum atomic E-state index is 5.38. The third-order valence-corrected chi connectivity index (χ3v) is 3.27. The van der Waals surface area contributed by atoms with E-state index in [1.807, 2.05) is 11.8 Å². The number of hydrogen-bond acceptors (Lipinski definition) is 3. The monoisotopic (exact) mass is 170 g/mol. The Balaban J connectivity index is 2.34. The quantitative estimate of drug-likeness (QED) is 0.370. The molecule has 1 fully saturated rings. The normalized spacial score (nSPS) is 26.4. The van der Waals surface area contributed by atoms with E-state index >= 15 is 0 Å². The van der Waals surface area contributed by atoms with Gasteiger partial charge in [0.1, 0.15) is 0 Å². The molecule has 1 aliphatic rings. The zero-order valence-electron chi connectivity index (χ0n) is 6.55. The van der Waals surface area contributed by atoms with Crippen LogP contribution in [0.25, 0.3) is 0 Å². The Kier molecular flexibility index (Phi) is 3.78. The summed E-state index contributed by atoms with van der Waals surface area (Å²) in [5, 5.41) is 0. The van der Waals surface area contributed by atoms with Crippen molar-refractivity contribution in [1.82, 2.24) is 5.43 Å². The Hall–Kier alpha value is -0.170. The number of terminal acetylenes is 1. The Labute approximate surface area is 72.3 Å². The first kappa shape index (κ1) is 8.92. The van der Waals surface area contributed by atoms with Gasteiger partial charge in [-0.3, -0.25) is 11.3 Å². The molecule has 1 heterocycles. The highest BCUT2D eigenvalue weighted by molar-refractivity contribution is 7.99. The molecule has 2 nitrogen and oxygen atoms in total. The SMILES string of the molecule is C#CCC(NN)C1CCSC1. The zero-order valence-corrected chi connectivity index (χ0v) is 7.36. The van der Waals surface area contributed by atoms with Crippen molar-refractivity contribution in [2.45, 2.75) is 18.9 Å². The highest BCUT2D eigenvalue weighted by Gasteiger charge is 2.23. The summed E-state index contributed by atoms with van der Waals surface area (Å²) in [7, 11) is 0. The summed E-state index contributed by atoms with van der Waals surface area (Å²) in [5.41, 5.74) is 2.79.